The molecule has 1 saturated carbocycles. The van der Waals surface area contributed by atoms with Gasteiger partial charge in [0.2, 0.25) is 0 Å². The van der Waals surface area contributed by atoms with Gasteiger partial charge in [-0.3, -0.25) is 4.79 Å². The average molecular weight is 261 g/mol. The maximum absolute atomic E-state index is 12.5. The SMILES string of the molecule is CC(C)c1cc(C(=O)N(C)C2CCCC2)cc(N)n1. The van der Waals surface area contributed by atoms with Gasteiger partial charge >= 0.3 is 0 Å². The number of pyridine rings is 1. The Bertz CT molecular complexity index is 464. The molecule has 1 amide bonds. The second-order valence-electron chi connectivity index (χ2n) is 5.71. The smallest absolute Gasteiger partial charge is 0.254 e. The zero-order valence-electron chi connectivity index (χ0n) is 12.0. The van der Waals surface area contributed by atoms with Crippen molar-refractivity contribution in [1.29, 1.82) is 0 Å². The highest BCUT2D eigenvalue weighted by Crippen LogP contribution is 2.24. The lowest BCUT2D eigenvalue weighted by molar-refractivity contribution is 0.0735. The highest BCUT2D eigenvalue weighted by molar-refractivity contribution is 5.95. The highest BCUT2D eigenvalue weighted by atomic mass is 16.2. The highest BCUT2D eigenvalue weighted by Gasteiger charge is 2.24. The normalized spacial score (nSPS) is 16.0. The van der Waals surface area contributed by atoms with E-state index in [0.717, 1.165) is 18.5 Å². The Morgan fingerprint density at radius 3 is 2.58 bits per heavy atom. The molecule has 0 saturated heterocycles. The molecule has 0 spiro atoms. The number of carbonyl (C=O) groups excluding carboxylic acids is 1. The second kappa shape index (κ2) is 5.59. The lowest BCUT2D eigenvalue weighted by Crippen LogP contribution is -2.35. The maximum Gasteiger partial charge on any atom is 0.254 e. The van der Waals surface area contributed by atoms with Crippen LogP contribution in [0.5, 0.6) is 0 Å². The fourth-order valence-electron chi connectivity index (χ4n) is 2.65. The molecule has 1 heterocycles. The van der Waals surface area contributed by atoms with Gasteiger partial charge in [-0.25, -0.2) is 4.98 Å². The van der Waals surface area contributed by atoms with Crippen LogP contribution in [0.25, 0.3) is 0 Å². The van der Waals surface area contributed by atoms with Crippen molar-refractivity contribution in [3.05, 3.63) is 23.4 Å². The number of carbonyl (C=O) groups is 1. The van der Waals surface area contributed by atoms with Gasteiger partial charge < -0.3 is 10.6 Å². The van der Waals surface area contributed by atoms with E-state index in [1.54, 1.807) is 6.07 Å². The summed E-state index contributed by atoms with van der Waals surface area (Å²) in [5, 5.41) is 0. The summed E-state index contributed by atoms with van der Waals surface area (Å²) in [5.41, 5.74) is 7.34. The van der Waals surface area contributed by atoms with Crippen molar-refractivity contribution in [2.45, 2.75) is 51.5 Å². The first-order valence-corrected chi connectivity index (χ1v) is 7.03. The van der Waals surface area contributed by atoms with Crippen molar-refractivity contribution in [3.63, 3.8) is 0 Å². The number of anilines is 1. The summed E-state index contributed by atoms with van der Waals surface area (Å²) in [6.45, 7) is 4.10. The molecule has 0 unspecified atom stereocenters. The van der Waals surface area contributed by atoms with Crippen molar-refractivity contribution in [3.8, 4) is 0 Å². The lowest BCUT2D eigenvalue weighted by Gasteiger charge is -2.24. The third-order valence-corrected chi connectivity index (χ3v) is 3.90. The molecule has 19 heavy (non-hydrogen) atoms. The Balaban J connectivity index is 2.22. The summed E-state index contributed by atoms with van der Waals surface area (Å²) in [7, 11) is 1.89. The van der Waals surface area contributed by atoms with Crippen molar-refractivity contribution < 1.29 is 4.79 Å². The van der Waals surface area contributed by atoms with Crippen molar-refractivity contribution in [1.82, 2.24) is 9.88 Å². The Kier molecular flexibility index (Phi) is 4.08. The second-order valence-corrected chi connectivity index (χ2v) is 5.71. The molecule has 1 aliphatic carbocycles. The third kappa shape index (κ3) is 3.06. The van der Waals surface area contributed by atoms with Gasteiger partial charge in [0.25, 0.3) is 5.91 Å². The molecule has 2 rings (SSSR count). The number of hydrogen-bond acceptors (Lipinski definition) is 3. The molecule has 4 heteroatoms. The van der Waals surface area contributed by atoms with Crippen molar-refractivity contribution in [2.75, 3.05) is 12.8 Å². The van der Waals surface area contributed by atoms with Gasteiger partial charge in [0, 0.05) is 24.3 Å². The Labute approximate surface area is 115 Å². The summed E-state index contributed by atoms with van der Waals surface area (Å²) < 4.78 is 0. The minimum absolute atomic E-state index is 0.0582. The first-order chi connectivity index (χ1) is 8.99. The standard InChI is InChI=1S/C15H23N3O/c1-10(2)13-8-11(9-14(16)17-13)15(19)18(3)12-6-4-5-7-12/h8-10,12H,4-7H2,1-3H3,(H2,16,17). The fourth-order valence-corrected chi connectivity index (χ4v) is 2.65. The number of nitrogens with zero attached hydrogens (tertiary/aromatic N) is 2. The van der Waals surface area contributed by atoms with Crippen LogP contribution in [0.2, 0.25) is 0 Å². The molecule has 1 aromatic heterocycles. The quantitative estimate of drug-likeness (QED) is 0.910. The van der Waals surface area contributed by atoms with E-state index in [0.29, 0.717) is 17.4 Å². The molecule has 2 N–H and O–H groups in total. The Morgan fingerprint density at radius 1 is 1.37 bits per heavy atom. The van der Waals surface area contributed by atoms with E-state index in [-0.39, 0.29) is 11.8 Å². The number of amides is 1. The van der Waals surface area contributed by atoms with E-state index in [2.05, 4.69) is 18.8 Å². The van der Waals surface area contributed by atoms with Gasteiger partial charge in [0.15, 0.2) is 0 Å². The summed E-state index contributed by atoms with van der Waals surface area (Å²) >= 11 is 0. The molecule has 1 fully saturated rings. The van der Waals surface area contributed by atoms with E-state index >= 15 is 0 Å². The molecule has 0 atom stereocenters. The molecule has 4 nitrogen and oxygen atoms in total. The van der Waals surface area contributed by atoms with Gasteiger partial charge in [-0.1, -0.05) is 26.7 Å². The van der Waals surface area contributed by atoms with Gasteiger partial charge in [0.05, 0.1) is 0 Å². The Morgan fingerprint density at radius 2 is 2.00 bits per heavy atom. The van der Waals surface area contributed by atoms with Gasteiger partial charge in [0.1, 0.15) is 5.82 Å². The fraction of sp³-hybridized carbons (Fsp3) is 0.600. The first-order valence-electron chi connectivity index (χ1n) is 7.03. The van der Waals surface area contributed by atoms with Crippen LogP contribution >= 0.6 is 0 Å². The lowest BCUT2D eigenvalue weighted by atomic mass is 10.1. The van der Waals surface area contributed by atoms with Crippen molar-refractivity contribution >= 4 is 11.7 Å². The number of rotatable bonds is 3. The van der Waals surface area contributed by atoms with Crippen LogP contribution in [-0.4, -0.2) is 28.9 Å². The number of nitrogens with two attached hydrogens (primary N) is 1. The van der Waals surface area contributed by atoms with E-state index in [1.165, 1.54) is 12.8 Å². The zero-order chi connectivity index (χ0) is 14.0. The van der Waals surface area contributed by atoms with Crippen LogP contribution in [0.3, 0.4) is 0 Å². The molecular formula is C15H23N3O. The monoisotopic (exact) mass is 261 g/mol. The minimum atomic E-state index is 0.0582. The Hall–Kier alpha value is -1.58. The van der Waals surface area contributed by atoms with Crippen LogP contribution in [0.4, 0.5) is 5.82 Å². The third-order valence-electron chi connectivity index (χ3n) is 3.90. The van der Waals surface area contributed by atoms with Crippen LogP contribution < -0.4 is 5.73 Å². The number of nitrogen functional groups attached to an aromatic ring is 1. The zero-order valence-corrected chi connectivity index (χ0v) is 12.0. The molecular weight excluding hydrogens is 238 g/mol. The average Bonchev–Trinajstić information content (AvgIpc) is 2.90. The van der Waals surface area contributed by atoms with E-state index in [4.69, 9.17) is 5.73 Å². The minimum Gasteiger partial charge on any atom is -0.384 e. The predicted molar refractivity (Wildman–Crippen MR) is 77.1 cm³/mol. The molecule has 104 valence electrons. The van der Waals surface area contributed by atoms with Crippen LogP contribution in [0.15, 0.2) is 12.1 Å². The predicted octanol–water partition coefficient (Wildman–Crippen LogP) is 2.80. The topological polar surface area (TPSA) is 59.2 Å². The van der Waals surface area contributed by atoms with Crippen LogP contribution in [0, 0.1) is 0 Å². The molecule has 0 aliphatic heterocycles. The molecule has 1 aliphatic rings. The first kappa shape index (κ1) is 13.8. The number of aromatic nitrogens is 1. The summed E-state index contributed by atoms with van der Waals surface area (Å²) in [6, 6.07) is 3.93. The largest absolute Gasteiger partial charge is 0.384 e. The molecule has 0 radical (unpaired) electrons. The van der Waals surface area contributed by atoms with Crippen LogP contribution in [-0.2, 0) is 0 Å². The van der Waals surface area contributed by atoms with E-state index in [1.807, 2.05) is 18.0 Å². The van der Waals surface area contributed by atoms with Gasteiger partial charge in [-0.05, 0) is 30.9 Å². The van der Waals surface area contributed by atoms with Crippen LogP contribution in [0.1, 0.15) is 61.5 Å². The molecule has 0 aromatic carbocycles. The summed E-state index contributed by atoms with van der Waals surface area (Å²) in [5.74, 6) is 0.754. The summed E-state index contributed by atoms with van der Waals surface area (Å²) in [4.78, 5) is 18.6. The van der Waals surface area contributed by atoms with E-state index < -0.39 is 0 Å². The maximum atomic E-state index is 12.5. The molecule has 0 bridgehead atoms. The summed E-state index contributed by atoms with van der Waals surface area (Å²) in [6.07, 6.45) is 4.66. The van der Waals surface area contributed by atoms with Gasteiger partial charge in [-0.2, -0.15) is 0 Å². The number of hydrogen-bond donors (Lipinski definition) is 1. The van der Waals surface area contributed by atoms with Crippen molar-refractivity contribution in [2.24, 2.45) is 0 Å². The molecule has 1 aromatic rings. The van der Waals surface area contributed by atoms with Gasteiger partial charge in [-0.15, -0.1) is 0 Å². The van der Waals surface area contributed by atoms with E-state index in [9.17, 15) is 4.79 Å².